The molecule has 0 spiro atoms. The Kier molecular flexibility index (Phi) is 6.61. The maximum Gasteiger partial charge on any atom is 0.373 e. The van der Waals surface area contributed by atoms with Crippen molar-refractivity contribution >= 4 is 27.9 Å². The maximum atomic E-state index is 12.0. The van der Waals surface area contributed by atoms with Crippen molar-refractivity contribution in [2.45, 2.75) is 26.2 Å². The van der Waals surface area contributed by atoms with E-state index in [1.165, 1.54) is 6.08 Å². The largest absolute Gasteiger partial charge is 0.463 e. The van der Waals surface area contributed by atoms with Gasteiger partial charge < -0.3 is 14.2 Å². The van der Waals surface area contributed by atoms with E-state index < -0.39 is 11.9 Å². The van der Waals surface area contributed by atoms with Crippen molar-refractivity contribution in [2.24, 2.45) is 0 Å². The van der Waals surface area contributed by atoms with Gasteiger partial charge in [0.2, 0.25) is 5.76 Å². The van der Waals surface area contributed by atoms with Gasteiger partial charge in [-0.25, -0.2) is 9.59 Å². The number of allylic oxidation sites excluding steroid dienone is 2. The molecule has 1 aliphatic heterocycles. The zero-order valence-corrected chi connectivity index (χ0v) is 15.2. The molecule has 0 N–H and O–H groups in total. The van der Waals surface area contributed by atoms with E-state index >= 15 is 0 Å². The molecule has 128 valence electrons. The van der Waals surface area contributed by atoms with Crippen LogP contribution < -0.4 is 0 Å². The number of hydrogen-bond acceptors (Lipinski definition) is 5. The molecule has 24 heavy (non-hydrogen) atoms. The number of rotatable bonds is 5. The second kappa shape index (κ2) is 8.68. The van der Waals surface area contributed by atoms with Gasteiger partial charge >= 0.3 is 11.9 Å². The van der Waals surface area contributed by atoms with E-state index in [1.54, 1.807) is 19.9 Å². The number of ether oxygens (including phenoxy) is 3. The fourth-order valence-corrected chi connectivity index (χ4v) is 2.95. The van der Waals surface area contributed by atoms with Crippen LogP contribution in [0.2, 0.25) is 0 Å². The van der Waals surface area contributed by atoms with Crippen LogP contribution in [-0.2, 0) is 23.8 Å². The minimum Gasteiger partial charge on any atom is -0.463 e. The number of carbonyl (C=O) groups excluding carboxylic acids is 2. The summed E-state index contributed by atoms with van der Waals surface area (Å²) in [6.45, 7) is 3.97. The van der Waals surface area contributed by atoms with Crippen molar-refractivity contribution in [2.75, 3.05) is 13.2 Å². The molecule has 1 heterocycles. The summed E-state index contributed by atoms with van der Waals surface area (Å²) in [6.07, 6.45) is 3.45. The van der Waals surface area contributed by atoms with Gasteiger partial charge in [0.05, 0.1) is 19.3 Å². The zero-order chi connectivity index (χ0) is 17.5. The van der Waals surface area contributed by atoms with Crippen LogP contribution in [0.5, 0.6) is 0 Å². The third-order valence-corrected chi connectivity index (χ3v) is 4.08. The van der Waals surface area contributed by atoms with Crippen LogP contribution >= 0.6 is 15.9 Å². The lowest BCUT2D eigenvalue weighted by atomic mass is 9.92. The second-order valence-electron chi connectivity index (χ2n) is 5.05. The smallest absolute Gasteiger partial charge is 0.373 e. The summed E-state index contributed by atoms with van der Waals surface area (Å²) in [7, 11) is 0. The maximum absolute atomic E-state index is 12.0. The minimum atomic E-state index is -0.552. The van der Waals surface area contributed by atoms with E-state index in [4.69, 9.17) is 14.2 Å². The molecule has 0 amide bonds. The number of benzene rings is 1. The molecule has 0 saturated carbocycles. The molecule has 0 radical (unpaired) electrons. The number of carbonyl (C=O) groups is 2. The Hall–Kier alpha value is -2.08. The van der Waals surface area contributed by atoms with Gasteiger partial charge in [0, 0.05) is 16.8 Å². The summed E-state index contributed by atoms with van der Waals surface area (Å²) in [4.78, 5) is 23.7. The van der Waals surface area contributed by atoms with E-state index in [-0.39, 0.29) is 24.9 Å². The number of esters is 2. The Morgan fingerprint density at radius 2 is 1.96 bits per heavy atom. The standard InChI is InChI=1S/C18H19BrO5/c1-3-22-17(20)11-13-9-12(14-7-5-6-8-15(14)19)10-16(24-13)18(21)23-4-2/h5-8,10-12H,3-4,9H2,1-2H3/b13-11+. The molecule has 0 aromatic heterocycles. The Morgan fingerprint density at radius 3 is 2.62 bits per heavy atom. The van der Waals surface area contributed by atoms with Crippen LogP contribution in [0.4, 0.5) is 0 Å². The van der Waals surface area contributed by atoms with E-state index in [9.17, 15) is 9.59 Å². The van der Waals surface area contributed by atoms with Gasteiger partial charge in [-0.1, -0.05) is 34.1 Å². The average molecular weight is 395 g/mol. The van der Waals surface area contributed by atoms with Crippen molar-refractivity contribution in [1.29, 1.82) is 0 Å². The SMILES string of the molecule is CCOC(=O)/C=C1\CC(c2ccccc2Br)C=C(C(=O)OCC)O1. The van der Waals surface area contributed by atoms with Crippen LogP contribution in [-0.4, -0.2) is 25.2 Å². The quantitative estimate of drug-likeness (QED) is 0.560. The summed E-state index contributed by atoms with van der Waals surface area (Å²) in [5.41, 5.74) is 0.998. The Bertz CT molecular complexity index is 678. The molecule has 1 unspecified atom stereocenters. The first-order valence-corrected chi connectivity index (χ1v) is 8.53. The predicted octanol–water partition coefficient (Wildman–Crippen LogP) is 3.85. The Balaban J connectivity index is 2.34. The molecule has 0 fully saturated rings. The van der Waals surface area contributed by atoms with Crippen LogP contribution in [0.25, 0.3) is 0 Å². The molecule has 1 atom stereocenters. The normalized spacial score (nSPS) is 18.5. The van der Waals surface area contributed by atoms with Crippen molar-refractivity contribution in [3.63, 3.8) is 0 Å². The lowest BCUT2D eigenvalue weighted by Gasteiger charge is -2.24. The van der Waals surface area contributed by atoms with E-state index in [2.05, 4.69) is 15.9 Å². The lowest BCUT2D eigenvalue weighted by molar-refractivity contribution is -0.142. The fourth-order valence-electron chi connectivity index (χ4n) is 2.37. The van der Waals surface area contributed by atoms with Gasteiger partial charge in [-0.3, -0.25) is 0 Å². The van der Waals surface area contributed by atoms with Gasteiger partial charge in [-0.2, -0.15) is 0 Å². The molecular formula is C18H19BrO5. The Labute approximate surface area is 149 Å². The van der Waals surface area contributed by atoms with Crippen LogP contribution in [0.1, 0.15) is 31.7 Å². The van der Waals surface area contributed by atoms with E-state index in [0.29, 0.717) is 12.2 Å². The fraction of sp³-hybridized carbons (Fsp3) is 0.333. The molecule has 2 rings (SSSR count). The van der Waals surface area contributed by atoms with E-state index in [1.807, 2.05) is 24.3 Å². The molecule has 0 aliphatic carbocycles. The zero-order valence-electron chi connectivity index (χ0n) is 13.6. The molecule has 0 bridgehead atoms. The molecule has 6 heteroatoms. The van der Waals surface area contributed by atoms with Crippen molar-refractivity contribution in [1.82, 2.24) is 0 Å². The monoisotopic (exact) mass is 394 g/mol. The average Bonchev–Trinajstić information content (AvgIpc) is 2.55. The summed E-state index contributed by atoms with van der Waals surface area (Å²) >= 11 is 3.52. The van der Waals surface area contributed by atoms with Crippen molar-refractivity contribution in [3.05, 3.63) is 58.0 Å². The number of hydrogen-bond donors (Lipinski definition) is 0. The summed E-state index contributed by atoms with van der Waals surface area (Å²) in [5.74, 6) is -0.707. The minimum absolute atomic E-state index is 0.0828. The molecule has 1 aromatic carbocycles. The molecule has 5 nitrogen and oxygen atoms in total. The van der Waals surface area contributed by atoms with Crippen LogP contribution in [0, 0.1) is 0 Å². The van der Waals surface area contributed by atoms with Gasteiger partial charge in [-0.15, -0.1) is 0 Å². The van der Waals surface area contributed by atoms with Gasteiger partial charge in [-0.05, 0) is 31.6 Å². The summed E-state index contributed by atoms with van der Waals surface area (Å²) < 4.78 is 16.4. The van der Waals surface area contributed by atoms with Gasteiger partial charge in [0.25, 0.3) is 0 Å². The molecule has 1 aliphatic rings. The van der Waals surface area contributed by atoms with Crippen LogP contribution in [0.15, 0.2) is 52.4 Å². The highest BCUT2D eigenvalue weighted by molar-refractivity contribution is 9.10. The van der Waals surface area contributed by atoms with E-state index in [0.717, 1.165) is 10.0 Å². The first-order chi connectivity index (χ1) is 11.5. The third-order valence-electron chi connectivity index (χ3n) is 3.36. The highest BCUT2D eigenvalue weighted by atomic mass is 79.9. The van der Waals surface area contributed by atoms with Gasteiger partial charge in [0.15, 0.2) is 0 Å². The van der Waals surface area contributed by atoms with Crippen molar-refractivity contribution in [3.8, 4) is 0 Å². The first-order valence-electron chi connectivity index (χ1n) is 7.73. The van der Waals surface area contributed by atoms with Crippen LogP contribution in [0.3, 0.4) is 0 Å². The molecule has 1 aromatic rings. The summed E-state index contributed by atoms with van der Waals surface area (Å²) in [6, 6.07) is 7.72. The third kappa shape index (κ3) is 4.71. The molecule has 0 saturated heterocycles. The predicted molar refractivity (Wildman–Crippen MR) is 92.0 cm³/mol. The number of halogens is 1. The topological polar surface area (TPSA) is 61.8 Å². The Morgan fingerprint density at radius 1 is 1.25 bits per heavy atom. The second-order valence-corrected chi connectivity index (χ2v) is 5.90. The first kappa shape index (κ1) is 18.3. The highest BCUT2D eigenvalue weighted by Gasteiger charge is 2.27. The lowest BCUT2D eigenvalue weighted by Crippen LogP contribution is -2.18. The highest BCUT2D eigenvalue weighted by Crippen LogP contribution is 2.36. The van der Waals surface area contributed by atoms with Crippen molar-refractivity contribution < 1.29 is 23.8 Å². The summed E-state index contributed by atoms with van der Waals surface area (Å²) in [5, 5.41) is 0. The van der Waals surface area contributed by atoms with Gasteiger partial charge in [0.1, 0.15) is 5.76 Å². The molecular weight excluding hydrogens is 376 g/mol.